The summed E-state index contributed by atoms with van der Waals surface area (Å²) in [4.78, 5) is 15.7. The summed E-state index contributed by atoms with van der Waals surface area (Å²) < 4.78 is 27.7. The van der Waals surface area contributed by atoms with Crippen LogP contribution >= 0.6 is 0 Å². The Balaban J connectivity index is 1.41. The minimum absolute atomic E-state index is 0.0865. The molecule has 2 fully saturated rings. The highest BCUT2D eigenvalue weighted by Crippen LogP contribution is 2.33. The molecule has 0 amide bonds. The van der Waals surface area contributed by atoms with E-state index < -0.39 is 0 Å². The maximum atomic E-state index is 13.3. The molecule has 0 N–H and O–H groups in total. The van der Waals surface area contributed by atoms with E-state index in [1.54, 1.807) is 21.3 Å². The second-order valence-corrected chi connectivity index (χ2v) is 9.20. The Labute approximate surface area is 219 Å². The lowest BCUT2D eigenvalue weighted by atomic mass is 9.87. The Morgan fingerprint density at radius 1 is 0.811 bits per heavy atom. The lowest BCUT2D eigenvalue weighted by molar-refractivity contribution is -0.112. The van der Waals surface area contributed by atoms with Gasteiger partial charge < -0.3 is 23.7 Å². The molecule has 1 saturated heterocycles. The number of rotatable bonds is 10. The summed E-state index contributed by atoms with van der Waals surface area (Å²) in [6.45, 7) is 5.20. The molecule has 1 saturated carbocycles. The summed E-state index contributed by atoms with van der Waals surface area (Å²) in [5.41, 5.74) is 3.45. The molecule has 2 aromatic carbocycles. The number of carbonyl (C=O) groups excluding carboxylic acids is 1. The summed E-state index contributed by atoms with van der Waals surface area (Å²) in [6.07, 6.45) is 7.30. The standard InChI is InChI=1S/C30H37NO6/c1-33-26-10-8-22(20-28(26)34-2)18-24-6-4-7-25(30(24)32)19-23-9-11-27(29(21-23)35-3)37-15-5-12-31-13-16-36-17-14-31/h8-11,18-21H,4-7,12-17H2,1-3H3/b24-18+,25-19+. The Kier molecular flexibility index (Phi) is 9.63. The van der Waals surface area contributed by atoms with Crippen molar-refractivity contribution in [2.75, 3.05) is 60.8 Å². The maximum Gasteiger partial charge on any atom is 0.185 e. The number of allylic oxidation sites excluding steroid dienone is 2. The van der Waals surface area contributed by atoms with E-state index in [9.17, 15) is 4.79 Å². The van der Waals surface area contributed by atoms with Crippen molar-refractivity contribution >= 4 is 17.9 Å². The van der Waals surface area contributed by atoms with Gasteiger partial charge >= 0.3 is 0 Å². The van der Waals surface area contributed by atoms with Crippen LogP contribution in [0.15, 0.2) is 47.5 Å². The van der Waals surface area contributed by atoms with Crippen LogP contribution in [0.3, 0.4) is 0 Å². The first-order valence-corrected chi connectivity index (χ1v) is 12.9. The molecular formula is C30H37NO6. The van der Waals surface area contributed by atoms with E-state index in [0.717, 1.165) is 86.6 Å². The Hall–Kier alpha value is -3.29. The van der Waals surface area contributed by atoms with Gasteiger partial charge in [-0.2, -0.15) is 0 Å². The van der Waals surface area contributed by atoms with E-state index >= 15 is 0 Å². The minimum Gasteiger partial charge on any atom is -0.493 e. The number of hydrogen-bond acceptors (Lipinski definition) is 7. The molecule has 2 aliphatic rings. The zero-order valence-electron chi connectivity index (χ0n) is 22.1. The van der Waals surface area contributed by atoms with E-state index in [4.69, 9.17) is 23.7 Å². The predicted octanol–water partition coefficient (Wildman–Crippen LogP) is 5.03. The molecule has 1 aliphatic heterocycles. The third-order valence-corrected chi connectivity index (χ3v) is 6.73. The number of benzene rings is 2. The quantitative estimate of drug-likeness (QED) is 0.330. The summed E-state index contributed by atoms with van der Waals surface area (Å²) >= 11 is 0. The fourth-order valence-corrected chi connectivity index (χ4v) is 4.71. The third kappa shape index (κ3) is 7.14. The molecule has 0 spiro atoms. The van der Waals surface area contributed by atoms with Crippen LogP contribution in [0.25, 0.3) is 12.2 Å². The second kappa shape index (κ2) is 13.3. The Bertz CT molecular complexity index is 1130. The molecule has 0 atom stereocenters. The van der Waals surface area contributed by atoms with Crippen molar-refractivity contribution in [1.82, 2.24) is 4.90 Å². The first-order chi connectivity index (χ1) is 18.1. The van der Waals surface area contributed by atoms with Gasteiger partial charge in [0.05, 0.1) is 41.2 Å². The van der Waals surface area contributed by atoms with Gasteiger partial charge in [-0.1, -0.05) is 12.1 Å². The molecular weight excluding hydrogens is 470 g/mol. The molecule has 4 rings (SSSR count). The van der Waals surface area contributed by atoms with Crippen LogP contribution in [0.4, 0.5) is 0 Å². The van der Waals surface area contributed by atoms with Crippen molar-refractivity contribution in [3.63, 3.8) is 0 Å². The van der Waals surface area contributed by atoms with Crippen LogP contribution in [0, 0.1) is 0 Å². The van der Waals surface area contributed by atoms with Gasteiger partial charge in [-0.3, -0.25) is 9.69 Å². The third-order valence-electron chi connectivity index (χ3n) is 6.73. The van der Waals surface area contributed by atoms with Gasteiger partial charge in [-0.05, 0) is 73.2 Å². The number of morpholine rings is 1. The predicted molar refractivity (Wildman–Crippen MR) is 145 cm³/mol. The van der Waals surface area contributed by atoms with E-state index in [2.05, 4.69) is 4.90 Å². The number of carbonyl (C=O) groups is 1. The van der Waals surface area contributed by atoms with Gasteiger partial charge in [-0.15, -0.1) is 0 Å². The monoisotopic (exact) mass is 507 g/mol. The van der Waals surface area contributed by atoms with Crippen LogP contribution in [0.1, 0.15) is 36.8 Å². The molecule has 1 heterocycles. The highest BCUT2D eigenvalue weighted by Gasteiger charge is 2.21. The smallest absolute Gasteiger partial charge is 0.185 e. The molecule has 0 aromatic heterocycles. The largest absolute Gasteiger partial charge is 0.493 e. The van der Waals surface area contributed by atoms with E-state index in [1.807, 2.05) is 48.6 Å². The molecule has 37 heavy (non-hydrogen) atoms. The van der Waals surface area contributed by atoms with Crippen LogP contribution in [-0.2, 0) is 9.53 Å². The fourth-order valence-electron chi connectivity index (χ4n) is 4.71. The van der Waals surface area contributed by atoms with Crippen molar-refractivity contribution in [3.8, 4) is 23.0 Å². The number of nitrogens with zero attached hydrogens (tertiary/aromatic N) is 1. The fraction of sp³-hybridized carbons (Fsp3) is 0.433. The van der Waals surface area contributed by atoms with Crippen LogP contribution in [0.5, 0.6) is 23.0 Å². The molecule has 7 nitrogen and oxygen atoms in total. The van der Waals surface area contributed by atoms with Gasteiger partial charge in [0.2, 0.25) is 0 Å². The minimum atomic E-state index is 0.0865. The zero-order chi connectivity index (χ0) is 26.0. The normalized spacial score (nSPS) is 18.7. The molecule has 198 valence electrons. The maximum absolute atomic E-state index is 13.3. The molecule has 2 aromatic rings. The topological polar surface area (TPSA) is 66.5 Å². The van der Waals surface area contributed by atoms with E-state index in [0.29, 0.717) is 23.9 Å². The average Bonchev–Trinajstić information content (AvgIpc) is 2.94. The van der Waals surface area contributed by atoms with Crippen molar-refractivity contribution in [1.29, 1.82) is 0 Å². The van der Waals surface area contributed by atoms with Crippen LogP contribution < -0.4 is 18.9 Å². The molecule has 1 aliphatic carbocycles. The number of methoxy groups -OCH3 is 3. The van der Waals surface area contributed by atoms with Gasteiger partial charge in [0, 0.05) is 30.8 Å². The summed E-state index contributed by atoms with van der Waals surface area (Å²) in [6, 6.07) is 11.5. The molecule has 0 bridgehead atoms. The second-order valence-electron chi connectivity index (χ2n) is 9.20. The van der Waals surface area contributed by atoms with Gasteiger partial charge in [0.25, 0.3) is 0 Å². The average molecular weight is 508 g/mol. The Morgan fingerprint density at radius 2 is 1.38 bits per heavy atom. The van der Waals surface area contributed by atoms with Crippen molar-refractivity contribution < 1.29 is 28.5 Å². The summed E-state index contributed by atoms with van der Waals surface area (Å²) in [5, 5.41) is 0. The van der Waals surface area contributed by atoms with Gasteiger partial charge in [0.15, 0.2) is 28.8 Å². The molecule has 7 heteroatoms. The number of ether oxygens (including phenoxy) is 5. The number of Topliss-reactive ketones (excluding diaryl/α,β-unsaturated/α-hetero) is 1. The first-order valence-electron chi connectivity index (χ1n) is 12.9. The van der Waals surface area contributed by atoms with Crippen LogP contribution in [-0.4, -0.2) is 71.5 Å². The van der Waals surface area contributed by atoms with Crippen molar-refractivity contribution in [3.05, 3.63) is 58.7 Å². The van der Waals surface area contributed by atoms with Crippen molar-refractivity contribution in [2.45, 2.75) is 25.7 Å². The highest BCUT2D eigenvalue weighted by molar-refractivity contribution is 6.14. The molecule has 0 radical (unpaired) electrons. The first kappa shape index (κ1) is 26.8. The van der Waals surface area contributed by atoms with Gasteiger partial charge in [0.1, 0.15) is 0 Å². The lowest BCUT2D eigenvalue weighted by Crippen LogP contribution is -2.37. The summed E-state index contributed by atoms with van der Waals surface area (Å²) in [7, 11) is 4.86. The lowest BCUT2D eigenvalue weighted by Gasteiger charge is -2.26. The van der Waals surface area contributed by atoms with Crippen LogP contribution in [0.2, 0.25) is 0 Å². The van der Waals surface area contributed by atoms with Gasteiger partial charge in [-0.25, -0.2) is 0 Å². The SMILES string of the molecule is COc1ccc(/C=C2\CCC/C(=C\c3ccc(OCCCN4CCOCC4)c(OC)c3)C2=O)cc1OC. The Morgan fingerprint density at radius 3 is 1.97 bits per heavy atom. The number of hydrogen-bond donors (Lipinski definition) is 0. The highest BCUT2D eigenvalue weighted by atomic mass is 16.5. The van der Waals surface area contributed by atoms with E-state index in [-0.39, 0.29) is 5.78 Å². The van der Waals surface area contributed by atoms with Crippen molar-refractivity contribution in [2.24, 2.45) is 0 Å². The number of ketones is 1. The zero-order valence-corrected chi connectivity index (χ0v) is 22.1. The summed E-state index contributed by atoms with van der Waals surface area (Å²) in [5.74, 6) is 2.79. The molecule has 0 unspecified atom stereocenters. The van der Waals surface area contributed by atoms with E-state index in [1.165, 1.54) is 0 Å².